The van der Waals surface area contributed by atoms with Crippen molar-refractivity contribution in [2.45, 2.75) is 19.6 Å². The first kappa shape index (κ1) is 18.2. The number of para-hydroxylation sites is 2. The number of thiazole rings is 1. The average molecular weight is 392 g/mol. The van der Waals surface area contributed by atoms with Crippen LogP contribution in [0.15, 0.2) is 65.7 Å². The molecule has 28 heavy (non-hydrogen) atoms. The molecule has 142 valence electrons. The van der Waals surface area contributed by atoms with Crippen LogP contribution in [0.5, 0.6) is 5.75 Å². The van der Waals surface area contributed by atoms with Gasteiger partial charge in [-0.2, -0.15) is 0 Å². The molecule has 0 saturated heterocycles. The molecule has 0 radical (unpaired) electrons. The molecule has 2 aromatic heterocycles. The maximum absolute atomic E-state index is 12.4. The van der Waals surface area contributed by atoms with Gasteiger partial charge >= 0.3 is 0 Å². The van der Waals surface area contributed by atoms with Crippen molar-refractivity contribution >= 4 is 28.3 Å². The van der Waals surface area contributed by atoms with Crippen molar-refractivity contribution in [3.63, 3.8) is 0 Å². The van der Waals surface area contributed by atoms with E-state index in [0.29, 0.717) is 24.5 Å². The number of carbonyl (C=O) groups is 1. The fourth-order valence-corrected chi connectivity index (χ4v) is 3.48. The van der Waals surface area contributed by atoms with Gasteiger partial charge in [-0.05, 0) is 36.8 Å². The summed E-state index contributed by atoms with van der Waals surface area (Å²) in [7, 11) is 0. The highest BCUT2D eigenvalue weighted by atomic mass is 32.1. The molecule has 0 aliphatic heterocycles. The molecule has 2 heterocycles. The Kier molecular flexibility index (Phi) is 5.63. The number of aromatic nitrogens is 3. The summed E-state index contributed by atoms with van der Waals surface area (Å²) in [6.07, 6.45) is 2.67. The number of nitrogens with one attached hydrogen (secondary N) is 1. The zero-order valence-corrected chi connectivity index (χ0v) is 16.1. The van der Waals surface area contributed by atoms with E-state index in [1.165, 1.54) is 11.3 Å². The Bertz CT molecular complexity index is 1060. The third kappa shape index (κ3) is 4.37. The van der Waals surface area contributed by atoms with Crippen molar-refractivity contribution < 1.29 is 9.53 Å². The lowest BCUT2D eigenvalue weighted by atomic mass is 10.2. The fourth-order valence-electron chi connectivity index (χ4n) is 2.94. The standard InChI is InChI=1S/C21H20N4O2S/c26-21(16-5-3-6-18(11-16)27-12-17-13-28-15-24-17)22-9-4-10-25-14-23-19-7-1-2-8-20(19)25/h1-3,5-8,11,13-15H,4,9-10,12H2,(H,22,26). The van der Waals surface area contributed by atoms with Gasteiger partial charge in [-0.15, -0.1) is 11.3 Å². The highest BCUT2D eigenvalue weighted by Gasteiger charge is 2.07. The Labute approximate surface area is 166 Å². The predicted molar refractivity (Wildman–Crippen MR) is 110 cm³/mol. The molecule has 0 fully saturated rings. The summed E-state index contributed by atoms with van der Waals surface area (Å²) < 4.78 is 7.82. The Morgan fingerprint density at radius 2 is 2.07 bits per heavy atom. The van der Waals surface area contributed by atoms with Gasteiger partial charge in [0.1, 0.15) is 12.4 Å². The average Bonchev–Trinajstić information content (AvgIpc) is 3.40. The zero-order chi connectivity index (χ0) is 19.2. The monoisotopic (exact) mass is 392 g/mol. The second-order valence-electron chi connectivity index (χ2n) is 6.33. The molecule has 4 rings (SSSR count). The van der Waals surface area contributed by atoms with E-state index in [0.717, 1.165) is 29.7 Å². The lowest BCUT2D eigenvalue weighted by molar-refractivity contribution is 0.0952. The molecule has 1 N–H and O–H groups in total. The predicted octanol–water partition coefficient (Wildman–Crippen LogP) is 3.89. The quantitative estimate of drug-likeness (QED) is 0.462. The lowest BCUT2D eigenvalue weighted by Crippen LogP contribution is -2.25. The number of benzene rings is 2. The number of fused-ring (bicyclic) bond motifs is 1. The molecule has 1 amide bonds. The summed E-state index contributed by atoms with van der Waals surface area (Å²) in [6.45, 7) is 1.79. The molecule has 7 heteroatoms. The van der Waals surface area contributed by atoms with Crippen LogP contribution in [0.25, 0.3) is 11.0 Å². The van der Waals surface area contributed by atoms with Crippen molar-refractivity contribution in [1.29, 1.82) is 0 Å². The second-order valence-corrected chi connectivity index (χ2v) is 7.05. The molecule has 6 nitrogen and oxygen atoms in total. The molecule has 2 aromatic carbocycles. The van der Waals surface area contributed by atoms with Crippen LogP contribution >= 0.6 is 11.3 Å². The topological polar surface area (TPSA) is 69.0 Å². The number of nitrogens with zero attached hydrogens (tertiary/aromatic N) is 3. The Hall–Kier alpha value is -3.19. The van der Waals surface area contributed by atoms with E-state index >= 15 is 0 Å². The van der Waals surface area contributed by atoms with E-state index < -0.39 is 0 Å². The minimum absolute atomic E-state index is 0.102. The molecule has 0 spiro atoms. The summed E-state index contributed by atoms with van der Waals surface area (Å²) in [6, 6.07) is 15.2. The number of imidazole rings is 1. The molecule has 0 aliphatic rings. The van der Waals surface area contributed by atoms with Crippen LogP contribution < -0.4 is 10.1 Å². The number of hydrogen-bond donors (Lipinski definition) is 1. The van der Waals surface area contributed by atoms with Crippen LogP contribution in [-0.2, 0) is 13.2 Å². The number of rotatable bonds is 8. The van der Waals surface area contributed by atoms with Gasteiger partial charge in [0.25, 0.3) is 5.91 Å². The van der Waals surface area contributed by atoms with E-state index in [9.17, 15) is 4.79 Å². The van der Waals surface area contributed by atoms with Crippen molar-refractivity contribution in [2.75, 3.05) is 6.54 Å². The van der Waals surface area contributed by atoms with Crippen LogP contribution in [0.4, 0.5) is 0 Å². The van der Waals surface area contributed by atoms with E-state index in [4.69, 9.17) is 4.74 Å². The Morgan fingerprint density at radius 3 is 2.96 bits per heavy atom. The first-order valence-electron chi connectivity index (χ1n) is 9.07. The van der Waals surface area contributed by atoms with Gasteiger partial charge < -0.3 is 14.6 Å². The number of aryl methyl sites for hydroxylation is 1. The fraction of sp³-hybridized carbons (Fsp3) is 0.190. The molecule has 0 unspecified atom stereocenters. The van der Waals surface area contributed by atoms with Gasteiger partial charge in [-0.1, -0.05) is 18.2 Å². The smallest absolute Gasteiger partial charge is 0.251 e. The van der Waals surface area contributed by atoms with Crippen LogP contribution in [-0.4, -0.2) is 27.0 Å². The summed E-state index contributed by atoms with van der Waals surface area (Å²) >= 11 is 1.53. The van der Waals surface area contributed by atoms with Crippen molar-refractivity contribution in [2.24, 2.45) is 0 Å². The van der Waals surface area contributed by atoms with E-state index in [2.05, 4.69) is 25.9 Å². The first-order chi connectivity index (χ1) is 13.8. The third-order valence-corrected chi connectivity index (χ3v) is 4.99. The SMILES string of the molecule is O=C(NCCCn1cnc2ccccc21)c1cccc(OCc2cscn2)c1. The molecule has 0 bridgehead atoms. The van der Waals surface area contributed by atoms with Crippen LogP contribution in [0, 0.1) is 0 Å². The van der Waals surface area contributed by atoms with Crippen LogP contribution in [0.2, 0.25) is 0 Å². The number of amides is 1. The Morgan fingerprint density at radius 1 is 1.14 bits per heavy atom. The van der Waals surface area contributed by atoms with Gasteiger partial charge in [0.2, 0.25) is 0 Å². The lowest BCUT2D eigenvalue weighted by Gasteiger charge is -2.09. The second kappa shape index (κ2) is 8.67. The van der Waals surface area contributed by atoms with Gasteiger partial charge in [-0.3, -0.25) is 4.79 Å². The van der Waals surface area contributed by atoms with Gasteiger partial charge in [0.05, 0.1) is 28.6 Å². The minimum atomic E-state index is -0.102. The maximum atomic E-state index is 12.4. The summed E-state index contributed by atoms with van der Waals surface area (Å²) in [5.41, 5.74) is 5.34. The number of ether oxygens (including phenoxy) is 1. The van der Waals surface area contributed by atoms with E-state index in [1.54, 1.807) is 17.6 Å². The van der Waals surface area contributed by atoms with Crippen molar-refractivity contribution in [1.82, 2.24) is 19.9 Å². The summed E-state index contributed by atoms with van der Waals surface area (Å²) in [5, 5.41) is 4.91. The molecule has 0 atom stereocenters. The van der Waals surface area contributed by atoms with Crippen LogP contribution in [0.1, 0.15) is 22.5 Å². The first-order valence-corrected chi connectivity index (χ1v) is 10.0. The zero-order valence-electron chi connectivity index (χ0n) is 15.2. The van der Waals surface area contributed by atoms with Gasteiger partial charge in [-0.25, -0.2) is 9.97 Å². The van der Waals surface area contributed by atoms with Crippen molar-refractivity contribution in [3.05, 3.63) is 77.0 Å². The molecular weight excluding hydrogens is 372 g/mol. The van der Waals surface area contributed by atoms with Crippen molar-refractivity contribution in [3.8, 4) is 5.75 Å². The summed E-state index contributed by atoms with van der Waals surface area (Å²) in [4.78, 5) is 21.0. The summed E-state index contributed by atoms with van der Waals surface area (Å²) in [5.74, 6) is 0.556. The van der Waals surface area contributed by atoms with Crippen LogP contribution in [0.3, 0.4) is 0 Å². The van der Waals surface area contributed by atoms with E-state index in [1.807, 2.05) is 42.0 Å². The third-order valence-electron chi connectivity index (χ3n) is 4.36. The Balaban J connectivity index is 1.27. The van der Waals surface area contributed by atoms with Gasteiger partial charge in [0, 0.05) is 24.0 Å². The minimum Gasteiger partial charge on any atom is -0.487 e. The highest BCUT2D eigenvalue weighted by Crippen LogP contribution is 2.16. The largest absolute Gasteiger partial charge is 0.487 e. The molecular formula is C21H20N4O2S. The van der Waals surface area contributed by atoms with Gasteiger partial charge in [0.15, 0.2) is 0 Å². The van der Waals surface area contributed by atoms with E-state index in [-0.39, 0.29) is 5.91 Å². The maximum Gasteiger partial charge on any atom is 0.251 e. The normalized spacial score (nSPS) is 10.9. The molecule has 0 aliphatic carbocycles. The highest BCUT2D eigenvalue weighted by molar-refractivity contribution is 7.07. The molecule has 0 saturated carbocycles. The molecule has 4 aromatic rings. The number of hydrogen-bond acceptors (Lipinski definition) is 5. The number of carbonyl (C=O) groups excluding carboxylic acids is 1.